The molecule has 5 heteroatoms. The molecule has 1 aliphatic rings. The Balaban J connectivity index is 1.92. The number of hydrogen-bond acceptors (Lipinski definition) is 4. The molecule has 0 bridgehead atoms. The van der Waals surface area contributed by atoms with E-state index in [0.29, 0.717) is 6.54 Å². The van der Waals surface area contributed by atoms with Gasteiger partial charge in [0.25, 0.3) is 0 Å². The summed E-state index contributed by atoms with van der Waals surface area (Å²) in [5, 5.41) is 19.9. The van der Waals surface area contributed by atoms with Crippen molar-refractivity contribution >= 4 is 22.6 Å². The van der Waals surface area contributed by atoms with Gasteiger partial charge in [0, 0.05) is 24.0 Å². The Morgan fingerprint density at radius 3 is 2.60 bits per heavy atom. The number of aliphatic hydroxyl groups excluding tert-OH is 1. The van der Waals surface area contributed by atoms with Crippen molar-refractivity contribution in [2.75, 3.05) is 18.0 Å². The first-order valence-corrected chi connectivity index (χ1v) is 8.28. The van der Waals surface area contributed by atoms with Crippen molar-refractivity contribution in [1.29, 1.82) is 0 Å². The third kappa shape index (κ3) is 2.94. The lowest BCUT2D eigenvalue weighted by molar-refractivity contribution is 0.0697. The number of aromatic nitrogens is 1. The lowest BCUT2D eigenvalue weighted by atomic mass is 10.0. The predicted molar refractivity (Wildman–Crippen MR) is 97.0 cm³/mol. The fourth-order valence-corrected chi connectivity index (χ4v) is 3.31. The van der Waals surface area contributed by atoms with Crippen molar-refractivity contribution in [3.8, 4) is 11.3 Å². The van der Waals surface area contributed by atoms with Crippen LogP contribution in [0.1, 0.15) is 16.8 Å². The number of pyridine rings is 1. The fraction of sp³-hybridized carbons (Fsp3) is 0.200. The number of anilines is 1. The maximum Gasteiger partial charge on any atom is 0.335 e. The second kappa shape index (κ2) is 6.18. The molecule has 2 heterocycles. The third-order valence-corrected chi connectivity index (χ3v) is 4.59. The average Bonchev–Trinajstić information content (AvgIpc) is 3.07. The van der Waals surface area contributed by atoms with Crippen molar-refractivity contribution < 1.29 is 15.0 Å². The molecule has 126 valence electrons. The van der Waals surface area contributed by atoms with E-state index < -0.39 is 5.97 Å². The Hall–Kier alpha value is -2.92. The molecule has 0 spiro atoms. The molecule has 1 fully saturated rings. The molecule has 4 rings (SSSR count). The Kier molecular flexibility index (Phi) is 3.86. The van der Waals surface area contributed by atoms with Crippen LogP contribution in [0.25, 0.3) is 22.2 Å². The first kappa shape index (κ1) is 15.6. The Morgan fingerprint density at radius 2 is 1.92 bits per heavy atom. The highest BCUT2D eigenvalue weighted by molar-refractivity contribution is 5.96. The summed E-state index contributed by atoms with van der Waals surface area (Å²) in [6.07, 6.45) is 0.381. The minimum absolute atomic E-state index is 0.245. The SMILES string of the molecule is O=C(O)c1ccc2nc(-c3ccccc3)c(N3CC[C@H](O)C3)cc2c1. The zero-order chi connectivity index (χ0) is 17.4. The quantitative estimate of drug-likeness (QED) is 0.769. The second-order valence-corrected chi connectivity index (χ2v) is 6.32. The van der Waals surface area contributed by atoms with Gasteiger partial charge >= 0.3 is 5.97 Å². The minimum atomic E-state index is -0.952. The molecule has 3 aromatic rings. The van der Waals surface area contributed by atoms with Crippen LogP contribution in [0.3, 0.4) is 0 Å². The van der Waals surface area contributed by atoms with Gasteiger partial charge in [0.1, 0.15) is 0 Å². The monoisotopic (exact) mass is 334 g/mol. The molecule has 0 unspecified atom stereocenters. The summed E-state index contributed by atoms with van der Waals surface area (Å²) in [4.78, 5) is 18.2. The molecule has 25 heavy (non-hydrogen) atoms. The van der Waals surface area contributed by atoms with Gasteiger partial charge in [-0.3, -0.25) is 0 Å². The lowest BCUT2D eigenvalue weighted by Gasteiger charge is -2.22. The molecule has 1 aliphatic heterocycles. The largest absolute Gasteiger partial charge is 0.478 e. The zero-order valence-corrected chi connectivity index (χ0v) is 13.6. The van der Waals surface area contributed by atoms with Gasteiger partial charge in [-0.05, 0) is 30.7 Å². The number of carboxylic acids is 1. The topological polar surface area (TPSA) is 73.7 Å². The number of hydrogen-bond donors (Lipinski definition) is 2. The van der Waals surface area contributed by atoms with E-state index in [4.69, 9.17) is 4.98 Å². The minimum Gasteiger partial charge on any atom is -0.478 e. The van der Waals surface area contributed by atoms with Gasteiger partial charge < -0.3 is 15.1 Å². The molecule has 1 atom stereocenters. The maximum absolute atomic E-state index is 11.3. The molecule has 0 saturated carbocycles. The fourth-order valence-electron chi connectivity index (χ4n) is 3.31. The first-order valence-electron chi connectivity index (χ1n) is 8.28. The van der Waals surface area contributed by atoms with Gasteiger partial charge in [0.2, 0.25) is 0 Å². The summed E-state index contributed by atoms with van der Waals surface area (Å²) in [7, 11) is 0. The number of aromatic carboxylic acids is 1. The summed E-state index contributed by atoms with van der Waals surface area (Å²) >= 11 is 0. The van der Waals surface area contributed by atoms with Crippen LogP contribution in [0.4, 0.5) is 5.69 Å². The summed E-state index contributed by atoms with van der Waals surface area (Å²) in [6.45, 7) is 1.32. The smallest absolute Gasteiger partial charge is 0.335 e. The van der Waals surface area contributed by atoms with Gasteiger partial charge in [-0.15, -0.1) is 0 Å². The number of β-amino-alcohol motifs (C(OH)–C–C–N with tert-alkyl or cyclic N) is 1. The van der Waals surface area contributed by atoms with Crippen molar-refractivity contribution in [3.05, 3.63) is 60.2 Å². The van der Waals surface area contributed by atoms with E-state index in [0.717, 1.165) is 40.8 Å². The average molecular weight is 334 g/mol. The van der Waals surface area contributed by atoms with Crippen molar-refractivity contribution in [2.45, 2.75) is 12.5 Å². The molecule has 0 amide bonds. The van der Waals surface area contributed by atoms with Crippen LogP contribution in [0.2, 0.25) is 0 Å². The highest BCUT2D eigenvalue weighted by atomic mass is 16.4. The molecule has 2 N–H and O–H groups in total. The highest BCUT2D eigenvalue weighted by Gasteiger charge is 2.24. The highest BCUT2D eigenvalue weighted by Crippen LogP contribution is 2.34. The second-order valence-electron chi connectivity index (χ2n) is 6.32. The van der Waals surface area contributed by atoms with Crippen LogP contribution in [0.15, 0.2) is 54.6 Å². The van der Waals surface area contributed by atoms with E-state index in [1.54, 1.807) is 18.2 Å². The molecular weight excluding hydrogens is 316 g/mol. The predicted octanol–water partition coefficient (Wildman–Crippen LogP) is 3.17. The number of fused-ring (bicyclic) bond motifs is 1. The normalized spacial score (nSPS) is 17.2. The summed E-state index contributed by atoms with van der Waals surface area (Å²) in [5.74, 6) is -0.952. The third-order valence-electron chi connectivity index (χ3n) is 4.59. The van der Waals surface area contributed by atoms with Crippen molar-refractivity contribution in [3.63, 3.8) is 0 Å². The maximum atomic E-state index is 11.3. The first-order chi connectivity index (χ1) is 12.1. The van der Waals surface area contributed by atoms with Crippen molar-refractivity contribution in [2.24, 2.45) is 0 Å². The van der Waals surface area contributed by atoms with Crippen LogP contribution in [0.5, 0.6) is 0 Å². The van der Waals surface area contributed by atoms with Crippen LogP contribution in [-0.2, 0) is 0 Å². The van der Waals surface area contributed by atoms with E-state index in [1.807, 2.05) is 36.4 Å². The lowest BCUT2D eigenvalue weighted by Crippen LogP contribution is -2.22. The summed E-state index contributed by atoms with van der Waals surface area (Å²) < 4.78 is 0. The molecular formula is C20H18N2O3. The number of benzene rings is 2. The van der Waals surface area contributed by atoms with Gasteiger partial charge in [-0.25, -0.2) is 9.78 Å². The standard InChI is InChI=1S/C20H18N2O3/c23-16-8-9-22(12-16)18-11-15-10-14(20(24)25)6-7-17(15)21-19(18)13-4-2-1-3-5-13/h1-7,10-11,16,23H,8-9,12H2,(H,24,25)/t16-/m0/s1. The molecule has 5 nitrogen and oxygen atoms in total. The zero-order valence-electron chi connectivity index (χ0n) is 13.6. The molecule has 2 aromatic carbocycles. The summed E-state index contributed by atoms with van der Waals surface area (Å²) in [5.41, 5.74) is 3.78. The van der Waals surface area contributed by atoms with E-state index in [9.17, 15) is 15.0 Å². The van der Waals surface area contributed by atoms with Crippen molar-refractivity contribution in [1.82, 2.24) is 4.98 Å². The molecule has 0 aliphatic carbocycles. The summed E-state index contributed by atoms with van der Waals surface area (Å²) in [6, 6.07) is 16.9. The Labute approximate surface area is 145 Å². The number of carbonyl (C=O) groups is 1. The number of rotatable bonds is 3. The van der Waals surface area contributed by atoms with Crippen LogP contribution < -0.4 is 4.90 Å². The van der Waals surface area contributed by atoms with Crippen LogP contribution in [-0.4, -0.2) is 40.4 Å². The van der Waals surface area contributed by atoms with Gasteiger partial charge in [-0.1, -0.05) is 30.3 Å². The van der Waals surface area contributed by atoms with E-state index in [-0.39, 0.29) is 11.7 Å². The van der Waals surface area contributed by atoms with Crippen LogP contribution >= 0.6 is 0 Å². The Bertz CT molecular complexity index is 940. The molecule has 1 saturated heterocycles. The molecule has 0 radical (unpaired) electrons. The van der Waals surface area contributed by atoms with Crippen LogP contribution in [0, 0.1) is 0 Å². The van der Waals surface area contributed by atoms with Gasteiger partial charge in [0.15, 0.2) is 0 Å². The van der Waals surface area contributed by atoms with E-state index >= 15 is 0 Å². The Morgan fingerprint density at radius 1 is 1.12 bits per heavy atom. The number of aliphatic hydroxyl groups is 1. The van der Waals surface area contributed by atoms with Gasteiger partial charge in [-0.2, -0.15) is 0 Å². The number of carboxylic acid groups (broad SMARTS) is 1. The van der Waals surface area contributed by atoms with E-state index in [1.165, 1.54) is 0 Å². The molecule has 1 aromatic heterocycles. The van der Waals surface area contributed by atoms with E-state index in [2.05, 4.69) is 4.90 Å². The number of nitrogens with zero attached hydrogens (tertiary/aromatic N) is 2. The van der Waals surface area contributed by atoms with Gasteiger partial charge in [0.05, 0.1) is 28.6 Å².